The molecule has 1 aliphatic rings. The van der Waals surface area contributed by atoms with E-state index >= 15 is 0 Å². The molecule has 1 heterocycles. The van der Waals surface area contributed by atoms with Gasteiger partial charge in [0.05, 0.1) is 0 Å². The van der Waals surface area contributed by atoms with Gasteiger partial charge in [0.15, 0.2) is 0 Å². The number of nitriles is 1. The molecule has 0 spiro atoms. The number of benzene rings is 1. The zero-order chi connectivity index (χ0) is 16.8. The number of nitrogens with zero attached hydrogens (tertiary/aromatic N) is 3. The van der Waals surface area contributed by atoms with E-state index in [0.717, 1.165) is 25.9 Å². The number of carbonyl (C=O) groups is 1. The molecule has 0 aliphatic carbocycles. The third-order valence-corrected chi connectivity index (χ3v) is 4.14. The largest absolute Gasteiger partial charge is 0.508 e. The van der Waals surface area contributed by atoms with Crippen molar-refractivity contribution in [2.45, 2.75) is 18.9 Å². The number of rotatable bonds is 4. The molecule has 0 aromatic heterocycles. The van der Waals surface area contributed by atoms with Gasteiger partial charge in [-0.25, -0.2) is 0 Å². The minimum absolute atomic E-state index is 0.0507. The van der Waals surface area contributed by atoms with Crippen LogP contribution in [0.4, 0.5) is 5.69 Å². The average molecular weight is 314 g/mol. The molecule has 1 saturated heterocycles. The Labute approximate surface area is 136 Å². The van der Waals surface area contributed by atoms with Crippen molar-refractivity contribution in [3.05, 3.63) is 36.0 Å². The number of amides is 1. The van der Waals surface area contributed by atoms with Crippen molar-refractivity contribution in [2.24, 2.45) is 0 Å². The predicted molar refractivity (Wildman–Crippen MR) is 88.7 cm³/mol. The fourth-order valence-electron chi connectivity index (χ4n) is 2.63. The highest BCUT2D eigenvalue weighted by molar-refractivity contribution is 5.97. The smallest absolute Gasteiger partial charge is 0.266 e. The van der Waals surface area contributed by atoms with E-state index in [0.29, 0.717) is 5.69 Å². The summed E-state index contributed by atoms with van der Waals surface area (Å²) in [5.74, 6) is -0.161. The standard InChI is InChI=1S/C17H22N4O2/c1-20-8-6-15(7-9-20)21(2)17(23)13(11-18)12-19-14-4-3-5-16(22)10-14/h3-5,10,12,15,19,22H,6-9H2,1-2H3/b13-12-. The topological polar surface area (TPSA) is 79.6 Å². The molecule has 0 saturated carbocycles. The van der Waals surface area contributed by atoms with Crippen molar-refractivity contribution in [3.8, 4) is 11.8 Å². The summed E-state index contributed by atoms with van der Waals surface area (Å²) in [6.07, 6.45) is 3.22. The van der Waals surface area contributed by atoms with Gasteiger partial charge < -0.3 is 20.2 Å². The van der Waals surface area contributed by atoms with Crippen molar-refractivity contribution < 1.29 is 9.90 Å². The van der Waals surface area contributed by atoms with Gasteiger partial charge in [-0.2, -0.15) is 5.26 Å². The number of likely N-dealkylation sites (tertiary alicyclic amines) is 1. The van der Waals surface area contributed by atoms with Crippen LogP contribution >= 0.6 is 0 Å². The number of aromatic hydroxyl groups is 1. The number of carbonyl (C=O) groups excluding carboxylic acids is 1. The summed E-state index contributed by atoms with van der Waals surface area (Å²) in [5.41, 5.74) is 0.669. The fourth-order valence-corrected chi connectivity index (χ4v) is 2.63. The van der Waals surface area contributed by atoms with Crippen LogP contribution in [0.25, 0.3) is 0 Å². The van der Waals surface area contributed by atoms with E-state index in [4.69, 9.17) is 0 Å². The first-order valence-corrected chi connectivity index (χ1v) is 7.63. The number of phenolic OH excluding ortho intramolecular Hbond substituents is 1. The number of likely N-dealkylation sites (N-methyl/N-ethyl adjacent to an activating group) is 1. The molecule has 0 bridgehead atoms. The Balaban J connectivity index is 2.03. The quantitative estimate of drug-likeness (QED) is 0.654. The number of hydrogen-bond acceptors (Lipinski definition) is 5. The van der Waals surface area contributed by atoms with Crippen molar-refractivity contribution in [1.29, 1.82) is 5.26 Å². The summed E-state index contributed by atoms with van der Waals surface area (Å²) >= 11 is 0. The van der Waals surface area contributed by atoms with Crippen LogP contribution in [0.5, 0.6) is 5.75 Å². The molecule has 1 fully saturated rings. The number of hydrogen-bond donors (Lipinski definition) is 2. The molecule has 0 atom stereocenters. The molecule has 0 radical (unpaired) electrons. The SMILES string of the molecule is CN1CCC(N(C)C(=O)/C(C#N)=C\Nc2cccc(O)c2)CC1. The molecular weight excluding hydrogens is 292 g/mol. The fraction of sp³-hybridized carbons (Fsp3) is 0.412. The Morgan fingerprint density at radius 1 is 1.48 bits per heavy atom. The molecule has 2 N–H and O–H groups in total. The first-order valence-electron chi connectivity index (χ1n) is 7.63. The molecule has 2 rings (SSSR count). The lowest BCUT2D eigenvalue weighted by molar-refractivity contribution is -0.128. The zero-order valence-electron chi connectivity index (χ0n) is 13.5. The highest BCUT2D eigenvalue weighted by Gasteiger charge is 2.25. The van der Waals surface area contributed by atoms with E-state index in [9.17, 15) is 15.2 Å². The molecule has 1 aromatic rings. The number of phenols is 1. The molecule has 6 nitrogen and oxygen atoms in total. The minimum Gasteiger partial charge on any atom is -0.508 e. The molecule has 6 heteroatoms. The Hall–Kier alpha value is -2.52. The first-order chi connectivity index (χ1) is 11.0. The summed E-state index contributed by atoms with van der Waals surface area (Å²) in [7, 11) is 3.82. The highest BCUT2D eigenvalue weighted by Crippen LogP contribution is 2.18. The van der Waals surface area contributed by atoms with Crippen molar-refractivity contribution in [3.63, 3.8) is 0 Å². The lowest BCUT2D eigenvalue weighted by Gasteiger charge is -2.34. The Morgan fingerprint density at radius 2 is 2.17 bits per heavy atom. The summed E-state index contributed by atoms with van der Waals surface area (Å²) in [6.45, 7) is 1.91. The minimum atomic E-state index is -0.283. The van der Waals surface area contributed by atoms with E-state index in [-0.39, 0.29) is 23.3 Å². The summed E-state index contributed by atoms with van der Waals surface area (Å²) in [4.78, 5) is 16.4. The molecule has 1 amide bonds. The van der Waals surface area contributed by atoms with Gasteiger partial charge in [-0.05, 0) is 45.1 Å². The van der Waals surface area contributed by atoms with Crippen molar-refractivity contribution in [2.75, 3.05) is 32.5 Å². The molecule has 0 unspecified atom stereocenters. The monoisotopic (exact) mass is 314 g/mol. The normalized spacial score (nSPS) is 16.7. The molecular formula is C17H22N4O2. The van der Waals surface area contributed by atoms with Crippen LogP contribution in [-0.4, -0.2) is 54.0 Å². The van der Waals surface area contributed by atoms with Crippen LogP contribution in [0.1, 0.15) is 12.8 Å². The summed E-state index contributed by atoms with van der Waals surface area (Å²) in [5, 5.41) is 21.6. The van der Waals surface area contributed by atoms with E-state index in [1.165, 1.54) is 12.3 Å². The third kappa shape index (κ3) is 4.47. The van der Waals surface area contributed by atoms with Crippen LogP contribution in [0, 0.1) is 11.3 Å². The van der Waals surface area contributed by atoms with Gasteiger partial charge in [0.2, 0.25) is 0 Å². The number of anilines is 1. The number of piperidine rings is 1. The second-order valence-electron chi connectivity index (χ2n) is 5.81. The summed E-state index contributed by atoms with van der Waals surface area (Å²) in [6, 6.07) is 8.62. The summed E-state index contributed by atoms with van der Waals surface area (Å²) < 4.78 is 0. The van der Waals surface area contributed by atoms with Gasteiger partial charge in [0, 0.05) is 31.0 Å². The maximum Gasteiger partial charge on any atom is 0.266 e. The maximum atomic E-state index is 12.5. The Morgan fingerprint density at radius 3 is 2.78 bits per heavy atom. The Kier molecular flexibility index (Phi) is 5.61. The number of nitrogens with one attached hydrogen (secondary N) is 1. The van der Waals surface area contributed by atoms with Gasteiger partial charge in [-0.3, -0.25) is 4.79 Å². The molecule has 1 aromatic carbocycles. The van der Waals surface area contributed by atoms with Crippen LogP contribution < -0.4 is 5.32 Å². The van der Waals surface area contributed by atoms with Crippen molar-refractivity contribution in [1.82, 2.24) is 9.80 Å². The van der Waals surface area contributed by atoms with Gasteiger partial charge in [-0.1, -0.05) is 6.07 Å². The lowest BCUT2D eigenvalue weighted by Crippen LogP contribution is -2.44. The van der Waals surface area contributed by atoms with E-state index < -0.39 is 0 Å². The zero-order valence-corrected chi connectivity index (χ0v) is 13.5. The average Bonchev–Trinajstić information content (AvgIpc) is 2.55. The second kappa shape index (κ2) is 7.65. The third-order valence-electron chi connectivity index (χ3n) is 4.14. The van der Waals surface area contributed by atoms with Gasteiger partial charge in [0.1, 0.15) is 17.4 Å². The van der Waals surface area contributed by atoms with E-state index in [1.54, 1.807) is 30.1 Å². The molecule has 122 valence electrons. The van der Waals surface area contributed by atoms with E-state index in [2.05, 4.69) is 17.3 Å². The second-order valence-corrected chi connectivity index (χ2v) is 5.81. The van der Waals surface area contributed by atoms with E-state index in [1.807, 2.05) is 6.07 Å². The highest BCUT2D eigenvalue weighted by atomic mass is 16.3. The van der Waals surface area contributed by atoms with Crippen LogP contribution in [0.3, 0.4) is 0 Å². The first kappa shape index (κ1) is 16.8. The Bertz CT molecular complexity index is 628. The van der Waals surface area contributed by atoms with Crippen LogP contribution in [-0.2, 0) is 4.79 Å². The lowest BCUT2D eigenvalue weighted by atomic mass is 10.0. The van der Waals surface area contributed by atoms with Crippen LogP contribution in [0.2, 0.25) is 0 Å². The van der Waals surface area contributed by atoms with Gasteiger partial charge in [-0.15, -0.1) is 0 Å². The van der Waals surface area contributed by atoms with Gasteiger partial charge >= 0.3 is 0 Å². The van der Waals surface area contributed by atoms with Crippen molar-refractivity contribution >= 4 is 11.6 Å². The van der Waals surface area contributed by atoms with Crippen LogP contribution in [0.15, 0.2) is 36.0 Å². The molecule has 1 aliphatic heterocycles. The molecule has 23 heavy (non-hydrogen) atoms. The maximum absolute atomic E-state index is 12.5. The van der Waals surface area contributed by atoms with Gasteiger partial charge in [0.25, 0.3) is 5.91 Å². The predicted octanol–water partition coefficient (Wildman–Crippen LogP) is 1.76.